The van der Waals surface area contributed by atoms with Crippen LogP contribution in [0.2, 0.25) is 0 Å². The van der Waals surface area contributed by atoms with Gasteiger partial charge in [-0.3, -0.25) is 4.79 Å². The van der Waals surface area contributed by atoms with Crippen molar-refractivity contribution >= 4 is 33.0 Å². The molecule has 4 heteroatoms. The summed E-state index contributed by atoms with van der Waals surface area (Å²) in [4.78, 5) is 14.0. The molecule has 0 unspecified atom stereocenters. The van der Waals surface area contributed by atoms with Gasteiger partial charge >= 0.3 is 0 Å². The van der Waals surface area contributed by atoms with Gasteiger partial charge in [0.1, 0.15) is 4.88 Å². The second kappa shape index (κ2) is 3.55. The number of thiophene rings is 1. The summed E-state index contributed by atoms with van der Waals surface area (Å²) >= 11 is 1.44. The second-order valence-corrected chi connectivity index (χ2v) is 4.59. The average molecular weight is 220 g/mol. The smallest absolute Gasteiger partial charge is 0.265 e. The van der Waals surface area contributed by atoms with Gasteiger partial charge < -0.3 is 10.6 Å². The summed E-state index contributed by atoms with van der Waals surface area (Å²) in [5, 5.41) is 0.965. The quantitative estimate of drug-likeness (QED) is 0.800. The third kappa shape index (κ3) is 1.57. The zero-order chi connectivity index (χ0) is 11.0. The number of carbonyl (C=O) groups is 1. The molecule has 2 rings (SSSR count). The summed E-state index contributed by atoms with van der Waals surface area (Å²) in [5.74, 6) is -0.0336. The molecule has 1 aromatic carbocycles. The van der Waals surface area contributed by atoms with Gasteiger partial charge in [0.15, 0.2) is 0 Å². The topological polar surface area (TPSA) is 46.3 Å². The summed E-state index contributed by atoms with van der Waals surface area (Å²) in [6.07, 6.45) is 0. The number of rotatable bonds is 1. The molecule has 15 heavy (non-hydrogen) atoms. The highest BCUT2D eigenvalue weighted by molar-refractivity contribution is 7.21. The minimum Gasteiger partial charge on any atom is -0.397 e. The van der Waals surface area contributed by atoms with Crippen LogP contribution in [0, 0.1) is 0 Å². The van der Waals surface area contributed by atoms with Crippen LogP contribution < -0.4 is 5.73 Å². The summed E-state index contributed by atoms with van der Waals surface area (Å²) in [5.41, 5.74) is 6.53. The largest absolute Gasteiger partial charge is 0.397 e. The molecule has 1 heterocycles. The zero-order valence-corrected chi connectivity index (χ0v) is 9.47. The van der Waals surface area contributed by atoms with Crippen molar-refractivity contribution in [3.8, 4) is 0 Å². The Bertz CT molecular complexity index is 516. The molecule has 0 aliphatic carbocycles. The number of carbonyl (C=O) groups excluding carboxylic acids is 1. The minimum absolute atomic E-state index is 0.0336. The molecule has 0 fully saturated rings. The molecular formula is C11H12N2OS. The number of nitrogen functional groups attached to an aromatic ring is 1. The van der Waals surface area contributed by atoms with Crippen LogP contribution in [-0.4, -0.2) is 24.9 Å². The molecule has 0 aliphatic rings. The van der Waals surface area contributed by atoms with Crippen molar-refractivity contribution in [1.82, 2.24) is 4.90 Å². The van der Waals surface area contributed by atoms with Gasteiger partial charge in [0.2, 0.25) is 0 Å². The lowest BCUT2D eigenvalue weighted by atomic mass is 10.2. The van der Waals surface area contributed by atoms with E-state index in [0.29, 0.717) is 10.6 Å². The Morgan fingerprint density at radius 2 is 2.00 bits per heavy atom. The van der Waals surface area contributed by atoms with E-state index in [9.17, 15) is 4.79 Å². The highest BCUT2D eigenvalue weighted by Gasteiger charge is 2.16. The van der Waals surface area contributed by atoms with Crippen molar-refractivity contribution in [1.29, 1.82) is 0 Å². The van der Waals surface area contributed by atoms with Gasteiger partial charge in [0.25, 0.3) is 5.91 Å². The molecule has 78 valence electrons. The maximum Gasteiger partial charge on any atom is 0.265 e. The fourth-order valence-corrected chi connectivity index (χ4v) is 2.57. The molecule has 0 atom stereocenters. The van der Waals surface area contributed by atoms with Crippen LogP contribution in [0.3, 0.4) is 0 Å². The molecule has 3 nitrogen and oxygen atoms in total. The van der Waals surface area contributed by atoms with Gasteiger partial charge in [-0.25, -0.2) is 0 Å². The van der Waals surface area contributed by atoms with Crippen molar-refractivity contribution in [2.24, 2.45) is 0 Å². The monoisotopic (exact) mass is 220 g/mol. The summed E-state index contributed by atoms with van der Waals surface area (Å²) < 4.78 is 1.06. The number of anilines is 1. The van der Waals surface area contributed by atoms with E-state index in [-0.39, 0.29) is 5.91 Å². The lowest BCUT2D eigenvalue weighted by Gasteiger charge is -2.08. The highest BCUT2D eigenvalue weighted by atomic mass is 32.1. The standard InChI is InChI=1S/C11H12N2OS/c1-13(2)11(14)10-9(12)7-5-3-4-6-8(7)15-10/h3-6H,12H2,1-2H3. The number of nitrogens with zero attached hydrogens (tertiary/aromatic N) is 1. The number of nitrogens with two attached hydrogens (primary N) is 1. The van der Waals surface area contributed by atoms with Crippen LogP contribution in [0.5, 0.6) is 0 Å². The van der Waals surface area contributed by atoms with Crippen LogP contribution in [-0.2, 0) is 0 Å². The lowest BCUT2D eigenvalue weighted by Crippen LogP contribution is -2.21. The van der Waals surface area contributed by atoms with E-state index in [4.69, 9.17) is 5.73 Å². The molecule has 0 bridgehead atoms. The van der Waals surface area contributed by atoms with Gasteiger partial charge in [-0.2, -0.15) is 0 Å². The Kier molecular flexibility index (Phi) is 2.36. The fourth-order valence-electron chi connectivity index (χ4n) is 1.43. The van der Waals surface area contributed by atoms with Gasteiger partial charge in [-0.1, -0.05) is 18.2 Å². The highest BCUT2D eigenvalue weighted by Crippen LogP contribution is 2.33. The normalized spacial score (nSPS) is 10.5. The van der Waals surface area contributed by atoms with Crippen LogP contribution in [0.4, 0.5) is 5.69 Å². The van der Waals surface area contributed by atoms with Crippen LogP contribution in [0.1, 0.15) is 9.67 Å². The molecule has 1 amide bonds. The first-order valence-corrected chi connectivity index (χ1v) is 5.41. The van der Waals surface area contributed by atoms with E-state index in [1.165, 1.54) is 11.3 Å². The van der Waals surface area contributed by atoms with Crippen LogP contribution in [0.15, 0.2) is 24.3 Å². The molecule has 0 radical (unpaired) electrons. The lowest BCUT2D eigenvalue weighted by molar-refractivity contribution is 0.0833. The van der Waals surface area contributed by atoms with E-state index in [1.807, 2.05) is 24.3 Å². The summed E-state index contributed by atoms with van der Waals surface area (Å²) in [6.45, 7) is 0. The van der Waals surface area contributed by atoms with Gasteiger partial charge in [-0.15, -0.1) is 11.3 Å². The van der Waals surface area contributed by atoms with Crippen molar-refractivity contribution in [2.45, 2.75) is 0 Å². The Hall–Kier alpha value is -1.55. The SMILES string of the molecule is CN(C)C(=O)c1sc2ccccc2c1N. The van der Waals surface area contributed by atoms with Crippen molar-refractivity contribution in [3.05, 3.63) is 29.1 Å². The molecule has 0 spiro atoms. The Labute approximate surface area is 92.1 Å². The van der Waals surface area contributed by atoms with Crippen molar-refractivity contribution in [3.63, 3.8) is 0 Å². The third-order valence-electron chi connectivity index (χ3n) is 2.23. The fraction of sp³-hybridized carbons (Fsp3) is 0.182. The number of amides is 1. The van der Waals surface area contributed by atoms with Crippen LogP contribution >= 0.6 is 11.3 Å². The van der Waals surface area contributed by atoms with E-state index in [1.54, 1.807) is 19.0 Å². The Balaban J connectivity index is 2.63. The van der Waals surface area contributed by atoms with Gasteiger partial charge in [0.05, 0.1) is 5.69 Å². The molecular weight excluding hydrogens is 208 g/mol. The van der Waals surface area contributed by atoms with E-state index in [0.717, 1.165) is 10.1 Å². The maximum atomic E-state index is 11.8. The molecule has 1 aromatic heterocycles. The molecule has 0 saturated heterocycles. The number of fused-ring (bicyclic) bond motifs is 1. The number of hydrogen-bond acceptors (Lipinski definition) is 3. The molecule has 0 saturated carbocycles. The number of benzene rings is 1. The first kappa shape index (κ1) is 9.98. The van der Waals surface area contributed by atoms with Crippen molar-refractivity contribution < 1.29 is 4.79 Å². The minimum atomic E-state index is -0.0336. The van der Waals surface area contributed by atoms with Crippen LogP contribution in [0.25, 0.3) is 10.1 Å². The molecule has 0 aliphatic heterocycles. The first-order valence-electron chi connectivity index (χ1n) is 4.60. The Morgan fingerprint density at radius 1 is 1.33 bits per heavy atom. The molecule has 2 aromatic rings. The van der Waals surface area contributed by atoms with E-state index >= 15 is 0 Å². The maximum absolute atomic E-state index is 11.8. The van der Waals surface area contributed by atoms with Crippen molar-refractivity contribution in [2.75, 3.05) is 19.8 Å². The van der Waals surface area contributed by atoms with E-state index in [2.05, 4.69) is 0 Å². The summed E-state index contributed by atoms with van der Waals surface area (Å²) in [6, 6.07) is 7.79. The average Bonchev–Trinajstić information content (AvgIpc) is 2.56. The third-order valence-corrected chi connectivity index (χ3v) is 3.41. The second-order valence-electron chi connectivity index (χ2n) is 3.54. The van der Waals surface area contributed by atoms with E-state index < -0.39 is 0 Å². The Morgan fingerprint density at radius 3 is 2.60 bits per heavy atom. The predicted molar refractivity (Wildman–Crippen MR) is 64.3 cm³/mol. The zero-order valence-electron chi connectivity index (χ0n) is 8.65. The predicted octanol–water partition coefficient (Wildman–Crippen LogP) is 2.19. The van der Waals surface area contributed by atoms with Gasteiger partial charge in [-0.05, 0) is 6.07 Å². The van der Waals surface area contributed by atoms with Gasteiger partial charge in [0, 0.05) is 24.2 Å². The summed E-state index contributed by atoms with van der Waals surface area (Å²) in [7, 11) is 3.46. The first-order chi connectivity index (χ1) is 7.11. The number of hydrogen-bond donors (Lipinski definition) is 1. The molecule has 2 N–H and O–H groups in total.